The van der Waals surface area contributed by atoms with Crippen LogP contribution in [0.15, 0.2) is 0 Å². The average Bonchev–Trinajstić information content (AvgIpc) is 2.40. The van der Waals surface area contributed by atoms with Gasteiger partial charge in [0.2, 0.25) is 11.8 Å². The molecule has 0 aromatic heterocycles. The van der Waals surface area contributed by atoms with Crippen LogP contribution >= 0.6 is 0 Å². The molecule has 0 fully saturated rings. The van der Waals surface area contributed by atoms with Gasteiger partial charge in [-0.05, 0) is 25.7 Å². The predicted octanol–water partition coefficient (Wildman–Crippen LogP) is 3.38. The second kappa shape index (κ2) is 14.4. The first-order chi connectivity index (χ1) is 9.44. The Morgan fingerprint density at radius 3 is 1.20 bits per heavy atom. The molecule has 2 amide bonds. The number of carbonyl (C=O) groups excluding carboxylic acids is 2. The number of hydrogen-bond acceptors (Lipinski definition) is 2. The Kier molecular flexibility index (Phi) is 15.2. The van der Waals surface area contributed by atoms with Crippen molar-refractivity contribution in [3.63, 3.8) is 0 Å². The van der Waals surface area contributed by atoms with E-state index in [2.05, 4.69) is 13.8 Å². The van der Waals surface area contributed by atoms with E-state index in [1.54, 1.807) is 0 Å². The second-order valence-electron chi connectivity index (χ2n) is 5.30. The van der Waals surface area contributed by atoms with Crippen molar-refractivity contribution in [1.29, 1.82) is 0 Å². The zero-order valence-electron chi connectivity index (χ0n) is 13.8. The van der Waals surface area contributed by atoms with Crippen LogP contribution in [0.5, 0.6) is 0 Å². The van der Waals surface area contributed by atoms with Gasteiger partial charge in [-0.2, -0.15) is 0 Å². The van der Waals surface area contributed by atoms with Gasteiger partial charge in [0.05, 0.1) is 0 Å². The van der Waals surface area contributed by atoms with Gasteiger partial charge in [-0.3, -0.25) is 9.59 Å². The Bertz CT molecular complexity index is 229. The van der Waals surface area contributed by atoms with Crippen molar-refractivity contribution < 1.29 is 9.59 Å². The lowest BCUT2D eigenvalue weighted by Gasteiger charge is -2.08. The van der Waals surface area contributed by atoms with Crippen molar-refractivity contribution in [2.45, 2.75) is 79.1 Å². The molecule has 0 heterocycles. The number of nitrogens with two attached hydrogens (primary N) is 2. The molecule has 4 N–H and O–H groups in total. The highest BCUT2D eigenvalue weighted by molar-refractivity contribution is 5.76. The summed E-state index contributed by atoms with van der Waals surface area (Å²) in [6.07, 6.45) is 8.20. The molecule has 0 aliphatic carbocycles. The fourth-order valence-electron chi connectivity index (χ4n) is 2.00. The third kappa shape index (κ3) is 12.0. The topological polar surface area (TPSA) is 86.2 Å². The Morgan fingerprint density at radius 1 is 0.750 bits per heavy atom. The first-order valence-corrected chi connectivity index (χ1v) is 8.02. The van der Waals surface area contributed by atoms with E-state index in [0.717, 1.165) is 51.4 Å². The smallest absolute Gasteiger partial charge is 0.220 e. The highest BCUT2D eigenvalue weighted by Crippen LogP contribution is 2.11. The van der Waals surface area contributed by atoms with Crippen LogP contribution in [0, 0.1) is 11.8 Å². The third-order valence-corrected chi connectivity index (χ3v) is 3.60. The molecule has 0 aliphatic heterocycles. The average molecular weight is 286 g/mol. The molecule has 2 atom stereocenters. The van der Waals surface area contributed by atoms with E-state index in [1.807, 2.05) is 13.8 Å². The molecule has 0 saturated heterocycles. The first kappa shape index (κ1) is 21.2. The van der Waals surface area contributed by atoms with E-state index < -0.39 is 0 Å². The number of hydrogen-bond donors (Lipinski definition) is 2. The molecule has 0 spiro atoms. The summed E-state index contributed by atoms with van der Waals surface area (Å²) in [4.78, 5) is 21.3. The molecule has 0 bridgehead atoms. The van der Waals surface area contributed by atoms with E-state index in [-0.39, 0.29) is 23.7 Å². The minimum absolute atomic E-state index is 0.111. The number of rotatable bonds is 10. The lowest BCUT2D eigenvalue weighted by molar-refractivity contribution is -0.122. The van der Waals surface area contributed by atoms with Gasteiger partial charge < -0.3 is 11.5 Å². The van der Waals surface area contributed by atoms with E-state index >= 15 is 0 Å². The van der Waals surface area contributed by atoms with Crippen molar-refractivity contribution in [3.05, 3.63) is 0 Å². The van der Waals surface area contributed by atoms with Gasteiger partial charge in [-0.15, -0.1) is 0 Å². The summed E-state index contributed by atoms with van der Waals surface area (Å²) < 4.78 is 0. The van der Waals surface area contributed by atoms with Gasteiger partial charge in [0.15, 0.2) is 0 Å². The molecule has 4 heteroatoms. The molecule has 0 aliphatic rings. The number of primary amides is 2. The minimum atomic E-state index is -0.143. The van der Waals surface area contributed by atoms with E-state index in [0.29, 0.717) is 0 Å². The molecule has 20 heavy (non-hydrogen) atoms. The van der Waals surface area contributed by atoms with Gasteiger partial charge >= 0.3 is 0 Å². The van der Waals surface area contributed by atoms with Crippen LogP contribution in [0.1, 0.15) is 79.1 Å². The fraction of sp³-hybridized carbons (Fsp3) is 0.875. The van der Waals surface area contributed by atoms with Crippen molar-refractivity contribution in [2.75, 3.05) is 0 Å². The lowest BCUT2D eigenvalue weighted by atomic mass is 9.99. The molecular formula is C16H34N2O2. The zero-order valence-corrected chi connectivity index (χ0v) is 13.8. The summed E-state index contributed by atoms with van der Waals surface area (Å²) in [6, 6.07) is 0. The van der Waals surface area contributed by atoms with Crippen LogP contribution in [0.3, 0.4) is 0 Å². The summed E-state index contributed by atoms with van der Waals surface area (Å²) >= 11 is 0. The summed E-state index contributed by atoms with van der Waals surface area (Å²) in [5, 5.41) is 0. The molecule has 0 saturated carbocycles. The van der Waals surface area contributed by atoms with Gasteiger partial charge in [-0.1, -0.05) is 53.4 Å². The Hall–Kier alpha value is -1.06. The predicted molar refractivity (Wildman–Crippen MR) is 85.0 cm³/mol. The fourth-order valence-corrected chi connectivity index (χ4v) is 2.00. The van der Waals surface area contributed by atoms with Crippen LogP contribution in [-0.2, 0) is 9.59 Å². The monoisotopic (exact) mass is 286 g/mol. The van der Waals surface area contributed by atoms with Crippen molar-refractivity contribution in [3.8, 4) is 0 Å². The standard InChI is InChI=1S/2C8H17NO/c2*1-3-5-6-7(4-2)8(9)10/h2*7H,3-6H2,1-2H3,(H2,9,10)/t2*7-/m11/s1. The Labute approximate surface area is 124 Å². The van der Waals surface area contributed by atoms with Crippen LogP contribution < -0.4 is 11.5 Å². The molecule has 0 unspecified atom stereocenters. The minimum Gasteiger partial charge on any atom is -0.369 e. The third-order valence-electron chi connectivity index (χ3n) is 3.60. The number of unbranched alkanes of at least 4 members (excludes halogenated alkanes) is 2. The SMILES string of the molecule is CCCC[C@@H](CC)C(N)=O.CCCC[C@@H](CC)C(N)=O. The van der Waals surface area contributed by atoms with Gasteiger partial charge in [0.1, 0.15) is 0 Å². The summed E-state index contributed by atoms with van der Waals surface area (Å²) in [7, 11) is 0. The molecule has 0 rings (SSSR count). The number of carbonyl (C=O) groups is 2. The van der Waals surface area contributed by atoms with Gasteiger partial charge in [0.25, 0.3) is 0 Å². The lowest BCUT2D eigenvalue weighted by Crippen LogP contribution is -2.22. The second-order valence-corrected chi connectivity index (χ2v) is 5.30. The summed E-state index contributed by atoms with van der Waals surface area (Å²) in [6.45, 7) is 8.25. The number of amides is 2. The quantitative estimate of drug-likeness (QED) is 0.645. The van der Waals surface area contributed by atoms with Crippen LogP contribution in [0.2, 0.25) is 0 Å². The van der Waals surface area contributed by atoms with Crippen molar-refractivity contribution in [1.82, 2.24) is 0 Å². The van der Waals surface area contributed by atoms with Crippen LogP contribution in [-0.4, -0.2) is 11.8 Å². The molecule has 0 aromatic carbocycles. The highest BCUT2D eigenvalue weighted by atomic mass is 16.1. The maximum atomic E-state index is 10.7. The molecule has 0 aromatic rings. The largest absolute Gasteiger partial charge is 0.369 e. The van der Waals surface area contributed by atoms with Crippen LogP contribution in [0.25, 0.3) is 0 Å². The van der Waals surface area contributed by atoms with E-state index in [9.17, 15) is 9.59 Å². The molecule has 120 valence electrons. The summed E-state index contributed by atoms with van der Waals surface area (Å²) in [5.41, 5.74) is 10.3. The van der Waals surface area contributed by atoms with E-state index in [4.69, 9.17) is 11.5 Å². The molecule has 4 nitrogen and oxygen atoms in total. The first-order valence-electron chi connectivity index (χ1n) is 8.02. The van der Waals surface area contributed by atoms with Crippen LogP contribution in [0.4, 0.5) is 0 Å². The normalized spacial score (nSPS) is 13.0. The maximum absolute atomic E-state index is 10.7. The Balaban J connectivity index is 0. The Morgan fingerprint density at radius 2 is 1.05 bits per heavy atom. The summed E-state index contributed by atoms with van der Waals surface area (Å²) in [5.74, 6) is -0.0631. The van der Waals surface area contributed by atoms with E-state index in [1.165, 1.54) is 0 Å². The van der Waals surface area contributed by atoms with Gasteiger partial charge in [-0.25, -0.2) is 0 Å². The van der Waals surface area contributed by atoms with Gasteiger partial charge in [0, 0.05) is 11.8 Å². The van der Waals surface area contributed by atoms with Crippen molar-refractivity contribution >= 4 is 11.8 Å². The zero-order chi connectivity index (χ0) is 16.0. The highest BCUT2D eigenvalue weighted by Gasteiger charge is 2.11. The molecule has 0 radical (unpaired) electrons. The maximum Gasteiger partial charge on any atom is 0.220 e. The molecular weight excluding hydrogens is 252 g/mol. The van der Waals surface area contributed by atoms with Crippen molar-refractivity contribution in [2.24, 2.45) is 23.3 Å².